The second kappa shape index (κ2) is 6.15. The molecule has 1 saturated carbocycles. The first kappa shape index (κ1) is 15.5. The molecular formula is C19H21N3OS. The monoisotopic (exact) mass is 339 g/mol. The summed E-state index contributed by atoms with van der Waals surface area (Å²) < 4.78 is 8.07. The van der Waals surface area contributed by atoms with E-state index in [1.165, 1.54) is 33.8 Å². The number of thiophene rings is 1. The van der Waals surface area contributed by atoms with E-state index >= 15 is 0 Å². The number of rotatable bonds is 5. The lowest BCUT2D eigenvalue weighted by atomic mass is 10.00. The normalized spacial score (nSPS) is 16.7. The first-order valence-corrected chi connectivity index (χ1v) is 9.11. The number of aryl methyl sites for hydroxylation is 1. The number of hydrogen-bond acceptors (Lipinski definition) is 4. The Hall–Kier alpha value is -1.98. The van der Waals surface area contributed by atoms with Crippen LogP contribution in [0.3, 0.4) is 0 Å². The second-order valence-corrected chi connectivity index (χ2v) is 7.45. The Morgan fingerprint density at radius 1 is 1.38 bits per heavy atom. The van der Waals surface area contributed by atoms with Crippen LogP contribution in [0, 0.1) is 6.92 Å². The van der Waals surface area contributed by atoms with E-state index in [9.17, 15) is 0 Å². The molecule has 0 radical (unpaired) electrons. The molecule has 5 heteroatoms. The van der Waals surface area contributed by atoms with Gasteiger partial charge in [0.05, 0.1) is 6.61 Å². The molecule has 0 spiro atoms. The van der Waals surface area contributed by atoms with Gasteiger partial charge in [0.2, 0.25) is 0 Å². The van der Waals surface area contributed by atoms with Gasteiger partial charge in [-0.05, 0) is 37.7 Å². The highest BCUT2D eigenvalue weighted by Crippen LogP contribution is 2.49. The molecule has 24 heavy (non-hydrogen) atoms. The van der Waals surface area contributed by atoms with Crippen LogP contribution in [0.2, 0.25) is 0 Å². The van der Waals surface area contributed by atoms with E-state index in [4.69, 9.17) is 4.74 Å². The summed E-state index contributed by atoms with van der Waals surface area (Å²) in [6.45, 7) is 11.1. The molecule has 4 rings (SSSR count). The number of fused-ring (bicyclic) bond motifs is 3. The van der Waals surface area contributed by atoms with Crippen LogP contribution in [0.25, 0.3) is 5.00 Å². The minimum atomic E-state index is 0.512. The van der Waals surface area contributed by atoms with Gasteiger partial charge in [-0.15, -0.1) is 21.5 Å². The topological polar surface area (TPSA) is 39.9 Å². The molecule has 2 aromatic heterocycles. The zero-order valence-corrected chi connectivity index (χ0v) is 14.7. The maximum absolute atomic E-state index is 5.90. The fourth-order valence-electron chi connectivity index (χ4n) is 3.20. The van der Waals surface area contributed by atoms with Gasteiger partial charge in [-0.2, -0.15) is 0 Å². The molecule has 2 aromatic rings. The largest absolute Gasteiger partial charge is 0.369 e. The quantitative estimate of drug-likeness (QED) is 0.759. The van der Waals surface area contributed by atoms with Gasteiger partial charge in [-0.25, -0.2) is 0 Å². The summed E-state index contributed by atoms with van der Waals surface area (Å²) >= 11 is 1.89. The number of ether oxygens (including phenoxy) is 1. The van der Waals surface area contributed by atoms with Gasteiger partial charge in [0.1, 0.15) is 17.4 Å². The van der Waals surface area contributed by atoms with E-state index in [-0.39, 0.29) is 0 Å². The molecule has 0 amide bonds. The summed E-state index contributed by atoms with van der Waals surface area (Å²) in [5.41, 5.74) is 3.79. The van der Waals surface area contributed by atoms with Gasteiger partial charge in [0, 0.05) is 10.4 Å². The van der Waals surface area contributed by atoms with E-state index in [0.717, 1.165) is 23.6 Å². The summed E-state index contributed by atoms with van der Waals surface area (Å²) in [5, 5.41) is 9.75. The SMILES string of the molecule is C=C/C=C\C(=C)Cc1c(C2CC2)sc2c1COCc1nnc(C)n1-2. The third-order valence-corrected chi connectivity index (χ3v) is 5.94. The maximum Gasteiger partial charge on any atom is 0.164 e. The highest BCUT2D eigenvalue weighted by atomic mass is 32.1. The lowest BCUT2D eigenvalue weighted by Gasteiger charge is -2.08. The highest BCUT2D eigenvalue weighted by Gasteiger charge is 2.33. The zero-order chi connectivity index (χ0) is 16.7. The van der Waals surface area contributed by atoms with Crippen LogP contribution in [-0.2, 0) is 24.4 Å². The summed E-state index contributed by atoms with van der Waals surface area (Å²) in [7, 11) is 0. The number of allylic oxidation sites excluding steroid dienone is 4. The Kier molecular flexibility index (Phi) is 3.98. The summed E-state index contributed by atoms with van der Waals surface area (Å²) in [4.78, 5) is 1.50. The minimum Gasteiger partial charge on any atom is -0.369 e. The molecule has 1 aliphatic heterocycles. The van der Waals surface area contributed by atoms with E-state index in [0.29, 0.717) is 19.1 Å². The Balaban J connectivity index is 1.81. The van der Waals surface area contributed by atoms with Crippen LogP contribution in [-0.4, -0.2) is 14.8 Å². The number of nitrogens with zero attached hydrogens (tertiary/aromatic N) is 3. The average Bonchev–Trinajstić information content (AvgIpc) is 3.30. The van der Waals surface area contributed by atoms with Gasteiger partial charge in [0.25, 0.3) is 0 Å². The van der Waals surface area contributed by atoms with Crippen LogP contribution in [0.15, 0.2) is 37.0 Å². The van der Waals surface area contributed by atoms with Crippen molar-refractivity contribution in [3.05, 3.63) is 64.6 Å². The molecule has 0 saturated heterocycles. The van der Waals surface area contributed by atoms with E-state index in [1.54, 1.807) is 6.08 Å². The Morgan fingerprint density at radius 2 is 2.21 bits per heavy atom. The summed E-state index contributed by atoms with van der Waals surface area (Å²) in [6, 6.07) is 0. The van der Waals surface area contributed by atoms with Crippen LogP contribution >= 0.6 is 11.3 Å². The molecule has 0 bridgehead atoms. The number of hydrogen-bond donors (Lipinski definition) is 0. The summed E-state index contributed by atoms with van der Waals surface area (Å²) in [5.74, 6) is 2.53. The smallest absolute Gasteiger partial charge is 0.164 e. The first-order chi connectivity index (χ1) is 11.7. The molecule has 1 fully saturated rings. The standard InChI is InChI=1S/C19H21N3OS/c1-4-5-6-12(2)9-15-16-10-23-11-17-21-20-13(3)22(17)19(16)24-18(15)14-7-8-14/h4-6,14H,1-2,7-11H2,3H3/b6-5-. The van der Waals surface area contributed by atoms with Gasteiger partial charge in [-0.3, -0.25) is 4.57 Å². The molecule has 0 aromatic carbocycles. The van der Waals surface area contributed by atoms with Crippen LogP contribution in [0.4, 0.5) is 0 Å². The Morgan fingerprint density at radius 3 is 2.96 bits per heavy atom. The Bertz CT molecular complexity index is 839. The minimum absolute atomic E-state index is 0.512. The van der Waals surface area contributed by atoms with Gasteiger partial charge < -0.3 is 4.74 Å². The van der Waals surface area contributed by atoms with Crippen molar-refractivity contribution >= 4 is 11.3 Å². The lowest BCUT2D eigenvalue weighted by Crippen LogP contribution is -2.00. The van der Waals surface area contributed by atoms with Crippen molar-refractivity contribution in [1.82, 2.24) is 14.8 Å². The van der Waals surface area contributed by atoms with Gasteiger partial charge in [0.15, 0.2) is 5.82 Å². The van der Waals surface area contributed by atoms with Gasteiger partial charge >= 0.3 is 0 Å². The number of aromatic nitrogens is 3. The van der Waals surface area contributed by atoms with Crippen molar-refractivity contribution in [2.75, 3.05) is 0 Å². The third-order valence-electron chi connectivity index (χ3n) is 4.52. The fraction of sp³-hybridized carbons (Fsp3) is 0.368. The molecule has 4 nitrogen and oxygen atoms in total. The molecular weight excluding hydrogens is 318 g/mol. The molecule has 0 N–H and O–H groups in total. The van der Waals surface area contributed by atoms with Crippen LogP contribution in [0.1, 0.15) is 46.4 Å². The Labute approximate surface area is 146 Å². The van der Waals surface area contributed by atoms with Crippen LogP contribution in [0.5, 0.6) is 0 Å². The predicted molar refractivity (Wildman–Crippen MR) is 96.6 cm³/mol. The lowest BCUT2D eigenvalue weighted by molar-refractivity contribution is 0.104. The molecule has 124 valence electrons. The van der Waals surface area contributed by atoms with Gasteiger partial charge in [-0.1, -0.05) is 37.0 Å². The second-order valence-electron chi connectivity index (χ2n) is 6.42. The average molecular weight is 339 g/mol. The predicted octanol–water partition coefficient (Wildman–Crippen LogP) is 4.39. The first-order valence-electron chi connectivity index (χ1n) is 8.29. The van der Waals surface area contributed by atoms with E-state index in [2.05, 4.69) is 27.9 Å². The van der Waals surface area contributed by atoms with Crippen molar-refractivity contribution in [2.45, 2.75) is 45.3 Å². The van der Waals surface area contributed by atoms with Crippen molar-refractivity contribution in [3.8, 4) is 5.00 Å². The molecule has 1 aliphatic carbocycles. The van der Waals surface area contributed by atoms with Crippen molar-refractivity contribution in [3.63, 3.8) is 0 Å². The molecule has 2 aliphatic rings. The molecule has 0 atom stereocenters. The van der Waals surface area contributed by atoms with Crippen LogP contribution < -0.4 is 0 Å². The zero-order valence-electron chi connectivity index (χ0n) is 13.9. The van der Waals surface area contributed by atoms with Crippen molar-refractivity contribution in [1.29, 1.82) is 0 Å². The highest BCUT2D eigenvalue weighted by molar-refractivity contribution is 7.15. The van der Waals surface area contributed by atoms with E-state index in [1.807, 2.05) is 30.4 Å². The fourth-order valence-corrected chi connectivity index (χ4v) is 4.77. The molecule has 3 heterocycles. The van der Waals surface area contributed by atoms with E-state index < -0.39 is 0 Å². The molecule has 0 unspecified atom stereocenters. The maximum atomic E-state index is 5.90. The van der Waals surface area contributed by atoms with Crippen molar-refractivity contribution in [2.24, 2.45) is 0 Å². The third kappa shape index (κ3) is 2.68. The summed E-state index contributed by atoms with van der Waals surface area (Å²) in [6.07, 6.45) is 9.22. The van der Waals surface area contributed by atoms with Crippen molar-refractivity contribution < 1.29 is 4.74 Å².